The van der Waals surface area contributed by atoms with Crippen LogP contribution < -0.4 is 5.32 Å². The van der Waals surface area contributed by atoms with Gasteiger partial charge in [0, 0.05) is 35.2 Å². The second kappa shape index (κ2) is 9.44. The Morgan fingerprint density at radius 3 is 2.53 bits per heavy atom. The Bertz CT molecular complexity index is 1440. The predicted molar refractivity (Wildman–Crippen MR) is 135 cm³/mol. The van der Waals surface area contributed by atoms with E-state index in [4.69, 9.17) is 0 Å². The number of rotatable bonds is 6. The monoisotopic (exact) mass is 466 g/mol. The number of aryl methyl sites for hydroxylation is 1. The van der Waals surface area contributed by atoms with Gasteiger partial charge in [0.25, 0.3) is 0 Å². The Morgan fingerprint density at radius 2 is 1.74 bits per heavy atom. The lowest BCUT2D eigenvalue weighted by molar-refractivity contribution is -0.115. The van der Waals surface area contributed by atoms with Crippen LogP contribution in [0.5, 0.6) is 0 Å². The highest BCUT2D eigenvalue weighted by molar-refractivity contribution is 8.00. The quantitative estimate of drug-likeness (QED) is 0.342. The van der Waals surface area contributed by atoms with Crippen molar-refractivity contribution in [3.63, 3.8) is 0 Å². The van der Waals surface area contributed by atoms with Crippen LogP contribution in [-0.4, -0.2) is 35.9 Å². The first-order chi connectivity index (χ1) is 16.6. The largest absolute Gasteiger partial charge is 0.324 e. The van der Waals surface area contributed by atoms with Crippen molar-refractivity contribution in [2.45, 2.75) is 24.3 Å². The van der Waals surface area contributed by atoms with Crippen molar-refractivity contribution < 1.29 is 4.79 Å². The molecule has 8 heteroatoms. The number of pyridine rings is 2. The van der Waals surface area contributed by atoms with Crippen molar-refractivity contribution in [3.8, 4) is 17.1 Å². The van der Waals surface area contributed by atoms with Crippen LogP contribution in [0.15, 0.2) is 90.5 Å². The molecule has 0 radical (unpaired) electrons. The van der Waals surface area contributed by atoms with E-state index in [9.17, 15) is 4.79 Å². The van der Waals surface area contributed by atoms with Crippen molar-refractivity contribution in [1.82, 2.24) is 24.7 Å². The lowest BCUT2D eigenvalue weighted by Gasteiger charge is -2.15. The molecule has 5 rings (SSSR count). The van der Waals surface area contributed by atoms with Gasteiger partial charge in [-0.2, -0.15) is 0 Å². The van der Waals surface area contributed by atoms with E-state index in [1.54, 1.807) is 18.6 Å². The van der Waals surface area contributed by atoms with E-state index in [1.807, 2.05) is 85.1 Å². The van der Waals surface area contributed by atoms with Crippen LogP contribution in [-0.2, 0) is 4.79 Å². The predicted octanol–water partition coefficient (Wildman–Crippen LogP) is 5.31. The Hall–Kier alpha value is -4.04. The summed E-state index contributed by atoms with van der Waals surface area (Å²) in [5, 5.41) is 13.1. The van der Waals surface area contributed by atoms with E-state index in [0.717, 1.165) is 33.4 Å². The maximum atomic E-state index is 13.1. The smallest absolute Gasteiger partial charge is 0.237 e. The molecule has 0 saturated carbocycles. The van der Waals surface area contributed by atoms with Crippen LogP contribution in [0.4, 0.5) is 5.69 Å². The van der Waals surface area contributed by atoms with Crippen molar-refractivity contribution >= 4 is 34.3 Å². The number of amides is 1. The fraction of sp³-hybridized carbons (Fsp3) is 0.115. The first kappa shape index (κ1) is 21.8. The molecular weight excluding hydrogens is 444 g/mol. The zero-order valence-electron chi connectivity index (χ0n) is 18.7. The summed E-state index contributed by atoms with van der Waals surface area (Å²) in [5.41, 5.74) is 4.56. The van der Waals surface area contributed by atoms with Crippen molar-refractivity contribution in [2.24, 2.45) is 0 Å². The SMILES string of the molecule is Cc1ccc(-n2c(SC(C)C(=O)Nc3cccc4ncccc34)nnc2-c2ccncc2)cc1. The van der Waals surface area contributed by atoms with Crippen LogP contribution in [0, 0.1) is 6.92 Å². The summed E-state index contributed by atoms with van der Waals surface area (Å²) >= 11 is 1.36. The van der Waals surface area contributed by atoms with Gasteiger partial charge in [0.15, 0.2) is 11.0 Å². The molecule has 0 saturated heterocycles. The van der Waals surface area contributed by atoms with Crippen molar-refractivity contribution in [1.29, 1.82) is 0 Å². The van der Waals surface area contributed by atoms with Gasteiger partial charge in [-0.25, -0.2) is 0 Å². The van der Waals surface area contributed by atoms with E-state index < -0.39 is 5.25 Å². The third-order valence-corrected chi connectivity index (χ3v) is 6.46. The summed E-state index contributed by atoms with van der Waals surface area (Å²) in [4.78, 5) is 21.6. The molecule has 7 nitrogen and oxygen atoms in total. The number of nitrogens with zero attached hydrogens (tertiary/aromatic N) is 5. The number of hydrogen-bond donors (Lipinski definition) is 1. The number of benzene rings is 2. The molecule has 5 aromatic rings. The average molecular weight is 467 g/mol. The summed E-state index contributed by atoms with van der Waals surface area (Å²) in [7, 11) is 0. The summed E-state index contributed by atoms with van der Waals surface area (Å²) in [6.45, 7) is 3.91. The third-order valence-electron chi connectivity index (χ3n) is 5.42. The Balaban J connectivity index is 1.45. The molecule has 0 spiro atoms. The normalized spacial score (nSPS) is 11.9. The molecule has 3 aromatic heterocycles. The standard InChI is InChI=1S/C26H22N6OS/c1-17-8-10-20(11-9-17)32-24(19-12-15-27-16-13-19)30-31-26(32)34-18(2)25(33)29-23-7-3-6-22-21(23)5-4-14-28-22/h3-16,18H,1-2H3,(H,29,33). The molecule has 1 N–H and O–H groups in total. The molecule has 1 amide bonds. The molecule has 0 fully saturated rings. The van der Waals surface area contributed by atoms with Crippen LogP contribution >= 0.6 is 11.8 Å². The molecule has 0 aliphatic heterocycles. The van der Waals surface area contributed by atoms with E-state index in [-0.39, 0.29) is 5.91 Å². The molecule has 0 aliphatic rings. The molecular formula is C26H22N6OS. The number of aromatic nitrogens is 5. The fourth-order valence-electron chi connectivity index (χ4n) is 3.62. The highest BCUT2D eigenvalue weighted by Crippen LogP contribution is 2.31. The number of nitrogens with one attached hydrogen (secondary N) is 1. The first-order valence-corrected chi connectivity index (χ1v) is 11.7. The van der Waals surface area contributed by atoms with Crippen LogP contribution in [0.2, 0.25) is 0 Å². The van der Waals surface area contributed by atoms with Gasteiger partial charge >= 0.3 is 0 Å². The molecule has 0 bridgehead atoms. The zero-order chi connectivity index (χ0) is 23.5. The van der Waals surface area contributed by atoms with Gasteiger partial charge in [-0.05, 0) is 62.4 Å². The highest BCUT2D eigenvalue weighted by Gasteiger charge is 2.22. The van der Waals surface area contributed by atoms with E-state index in [1.165, 1.54) is 11.8 Å². The number of carbonyl (C=O) groups is 1. The second-order valence-electron chi connectivity index (χ2n) is 7.84. The highest BCUT2D eigenvalue weighted by atomic mass is 32.2. The molecule has 2 aromatic carbocycles. The van der Waals surface area contributed by atoms with Gasteiger partial charge in [0.1, 0.15) is 0 Å². The minimum Gasteiger partial charge on any atom is -0.324 e. The summed E-state index contributed by atoms with van der Waals surface area (Å²) < 4.78 is 1.98. The number of anilines is 1. The number of carbonyl (C=O) groups excluding carboxylic acids is 1. The maximum absolute atomic E-state index is 13.1. The maximum Gasteiger partial charge on any atom is 0.237 e. The van der Waals surface area contributed by atoms with Crippen molar-refractivity contribution in [3.05, 3.63) is 90.9 Å². The summed E-state index contributed by atoms with van der Waals surface area (Å²) in [5.74, 6) is 0.576. The lowest BCUT2D eigenvalue weighted by atomic mass is 10.2. The summed E-state index contributed by atoms with van der Waals surface area (Å²) in [6, 6.07) is 21.5. The van der Waals surface area contributed by atoms with Gasteiger partial charge in [-0.1, -0.05) is 35.5 Å². The average Bonchev–Trinajstić information content (AvgIpc) is 3.28. The first-order valence-electron chi connectivity index (χ1n) is 10.8. The molecule has 0 aliphatic carbocycles. The fourth-order valence-corrected chi connectivity index (χ4v) is 4.49. The minimum absolute atomic E-state index is 0.120. The lowest BCUT2D eigenvalue weighted by Crippen LogP contribution is -2.23. The van der Waals surface area contributed by atoms with Gasteiger partial charge in [-0.3, -0.25) is 19.3 Å². The van der Waals surface area contributed by atoms with Crippen LogP contribution in [0.1, 0.15) is 12.5 Å². The number of thioether (sulfide) groups is 1. The second-order valence-corrected chi connectivity index (χ2v) is 9.15. The molecule has 168 valence electrons. The molecule has 34 heavy (non-hydrogen) atoms. The van der Waals surface area contributed by atoms with Crippen molar-refractivity contribution in [2.75, 3.05) is 5.32 Å². The Labute approximate surface area is 201 Å². The topological polar surface area (TPSA) is 85.6 Å². The van der Waals surface area contributed by atoms with Gasteiger partial charge in [0.2, 0.25) is 5.91 Å². The van der Waals surface area contributed by atoms with Crippen LogP contribution in [0.3, 0.4) is 0 Å². The zero-order valence-corrected chi connectivity index (χ0v) is 19.5. The van der Waals surface area contributed by atoms with Crippen LogP contribution in [0.25, 0.3) is 28.0 Å². The Morgan fingerprint density at radius 1 is 0.941 bits per heavy atom. The Kier molecular flexibility index (Phi) is 6.05. The van der Waals surface area contributed by atoms with E-state index in [0.29, 0.717) is 11.0 Å². The van der Waals surface area contributed by atoms with E-state index in [2.05, 4.69) is 25.5 Å². The summed E-state index contributed by atoms with van der Waals surface area (Å²) in [6.07, 6.45) is 5.20. The minimum atomic E-state index is -0.411. The number of hydrogen-bond acceptors (Lipinski definition) is 6. The van der Waals surface area contributed by atoms with Gasteiger partial charge in [-0.15, -0.1) is 10.2 Å². The molecule has 3 heterocycles. The van der Waals surface area contributed by atoms with Gasteiger partial charge in [0.05, 0.1) is 16.5 Å². The molecule has 1 unspecified atom stereocenters. The molecule has 1 atom stereocenters. The number of fused-ring (bicyclic) bond motifs is 1. The van der Waals surface area contributed by atoms with E-state index >= 15 is 0 Å². The third kappa shape index (κ3) is 4.40. The van der Waals surface area contributed by atoms with Gasteiger partial charge < -0.3 is 5.32 Å².